The molecule has 3 aromatic carbocycles. The van der Waals surface area contributed by atoms with Crippen LogP contribution in [0.5, 0.6) is 5.75 Å². The lowest BCUT2D eigenvalue weighted by molar-refractivity contribution is 0.0735. The van der Waals surface area contributed by atoms with Gasteiger partial charge in [0.2, 0.25) is 0 Å². The first-order valence-corrected chi connectivity index (χ1v) is 11.1. The fourth-order valence-electron chi connectivity index (χ4n) is 4.53. The van der Waals surface area contributed by atoms with Gasteiger partial charge in [-0.3, -0.25) is 4.79 Å². The first-order chi connectivity index (χ1) is 15.6. The van der Waals surface area contributed by atoms with Gasteiger partial charge in [-0.25, -0.2) is 4.79 Å². The molecule has 0 atom stereocenters. The molecule has 1 amide bonds. The average Bonchev–Trinajstić information content (AvgIpc) is 3.14. The fraction of sp³-hybridized carbons (Fsp3) is 0.259. The molecule has 0 saturated heterocycles. The summed E-state index contributed by atoms with van der Waals surface area (Å²) >= 11 is 0. The predicted molar refractivity (Wildman–Crippen MR) is 124 cm³/mol. The molecule has 5 rings (SSSR count). The summed E-state index contributed by atoms with van der Waals surface area (Å²) in [5.41, 5.74) is 1.58. The summed E-state index contributed by atoms with van der Waals surface area (Å²) in [5.74, 6) is 0.365. The van der Waals surface area contributed by atoms with Crippen LogP contribution in [-0.4, -0.2) is 17.9 Å². The molecule has 1 fully saturated rings. The number of carbonyl (C=O) groups excluding carboxylic acids is 2. The van der Waals surface area contributed by atoms with E-state index in [-0.39, 0.29) is 11.9 Å². The molecule has 0 unspecified atom stereocenters. The molecule has 32 heavy (non-hydrogen) atoms. The molecule has 1 heterocycles. The second-order valence-electron chi connectivity index (χ2n) is 8.45. The number of amides is 1. The lowest BCUT2D eigenvalue weighted by Gasteiger charge is -2.22. The molecule has 1 N–H and O–H groups in total. The maximum Gasteiger partial charge on any atom is 0.343 e. The highest BCUT2D eigenvalue weighted by molar-refractivity contribution is 6.08. The van der Waals surface area contributed by atoms with Gasteiger partial charge in [0.05, 0.1) is 11.1 Å². The third kappa shape index (κ3) is 3.98. The molecule has 1 aliphatic rings. The van der Waals surface area contributed by atoms with Crippen molar-refractivity contribution in [1.29, 1.82) is 0 Å². The maximum absolute atomic E-state index is 13.0. The van der Waals surface area contributed by atoms with Crippen molar-refractivity contribution in [3.8, 4) is 5.75 Å². The van der Waals surface area contributed by atoms with Crippen molar-refractivity contribution in [2.75, 3.05) is 0 Å². The summed E-state index contributed by atoms with van der Waals surface area (Å²) in [7, 11) is 0. The average molecular weight is 428 g/mol. The van der Waals surface area contributed by atoms with Crippen LogP contribution in [0.15, 0.2) is 65.1 Å². The zero-order chi connectivity index (χ0) is 22.1. The van der Waals surface area contributed by atoms with Crippen LogP contribution in [0.4, 0.5) is 0 Å². The Morgan fingerprint density at radius 2 is 1.72 bits per heavy atom. The summed E-state index contributed by atoms with van der Waals surface area (Å²) in [6.07, 6.45) is 5.53. The normalized spacial score (nSPS) is 14.5. The van der Waals surface area contributed by atoms with Crippen molar-refractivity contribution in [2.24, 2.45) is 0 Å². The summed E-state index contributed by atoms with van der Waals surface area (Å²) < 4.78 is 11.4. The van der Waals surface area contributed by atoms with E-state index in [2.05, 4.69) is 5.32 Å². The lowest BCUT2D eigenvalue weighted by Crippen LogP contribution is -2.36. The molecule has 1 aromatic heterocycles. The van der Waals surface area contributed by atoms with E-state index in [1.165, 1.54) is 6.42 Å². The molecule has 0 radical (unpaired) electrons. The molecule has 5 heteroatoms. The third-order valence-corrected chi connectivity index (χ3v) is 6.20. The Labute approximate surface area is 186 Å². The molecule has 0 aliphatic heterocycles. The van der Waals surface area contributed by atoms with Crippen LogP contribution >= 0.6 is 0 Å². The van der Waals surface area contributed by atoms with Crippen LogP contribution in [0.3, 0.4) is 0 Å². The number of carbonyl (C=O) groups is 2. The monoisotopic (exact) mass is 427 g/mol. The Kier molecular flexibility index (Phi) is 5.39. The van der Waals surface area contributed by atoms with Crippen LogP contribution < -0.4 is 10.1 Å². The molecule has 162 valence electrons. The number of nitrogens with one attached hydrogen (secondary N) is 1. The van der Waals surface area contributed by atoms with Gasteiger partial charge in [0.1, 0.15) is 17.1 Å². The van der Waals surface area contributed by atoms with Gasteiger partial charge in [0.25, 0.3) is 5.91 Å². The SMILES string of the molecule is Cc1oc2ccc(OC(=O)c3ccc4ccccc4c3)cc2c1C(=O)NC1CCCCC1. The number of fused-ring (bicyclic) bond motifs is 2. The van der Waals surface area contributed by atoms with Crippen molar-refractivity contribution in [3.05, 3.63) is 77.6 Å². The number of rotatable bonds is 4. The van der Waals surface area contributed by atoms with E-state index in [0.717, 1.165) is 36.5 Å². The molecule has 1 aliphatic carbocycles. The van der Waals surface area contributed by atoms with E-state index >= 15 is 0 Å². The van der Waals surface area contributed by atoms with Gasteiger partial charge >= 0.3 is 5.97 Å². The van der Waals surface area contributed by atoms with Crippen molar-refractivity contribution >= 4 is 33.6 Å². The zero-order valence-corrected chi connectivity index (χ0v) is 18.0. The largest absolute Gasteiger partial charge is 0.461 e. The van der Waals surface area contributed by atoms with E-state index in [1.54, 1.807) is 31.2 Å². The van der Waals surface area contributed by atoms with Crippen molar-refractivity contribution in [3.63, 3.8) is 0 Å². The molecular formula is C27H25NO4. The van der Waals surface area contributed by atoms with Crippen LogP contribution in [0.2, 0.25) is 0 Å². The maximum atomic E-state index is 13.0. The minimum absolute atomic E-state index is 0.133. The van der Waals surface area contributed by atoms with E-state index in [0.29, 0.717) is 33.6 Å². The molecule has 0 bridgehead atoms. The first-order valence-electron chi connectivity index (χ1n) is 11.1. The topological polar surface area (TPSA) is 68.5 Å². The third-order valence-electron chi connectivity index (χ3n) is 6.20. The predicted octanol–water partition coefficient (Wildman–Crippen LogP) is 6.18. The number of furan rings is 1. The van der Waals surface area contributed by atoms with E-state index in [1.807, 2.05) is 36.4 Å². The van der Waals surface area contributed by atoms with Gasteiger partial charge < -0.3 is 14.5 Å². The minimum Gasteiger partial charge on any atom is -0.461 e. The van der Waals surface area contributed by atoms with Gasteiger partial charge in [0.15, 0.2) is 0 Å². The van der Waals surface area contributed by atoms with Crippen LogP contribution in [-0.2, 0) is 0 Å². The minimum atomic E-state index is -0.441. The van der Waals surface area contributed by atoms with Gasteiger partial charge in [-0.15, -0.1) is 0 Å². The molecular weight excluding hydrogens is 402 g/mol. The highest BCUT2D eigenvalue weighted by Crippen LogP contribution is 2.30. The van der Waals surface area contributed by atoms with Gasteiger partial charge in [-0.2, -0.15) is 0 Å². The van der Waals surface area contributed by atoms with Crippen LogP contribution in [0.25, 0.3) is 21.7 Å². The zero-order valence-electron chi connectivity index (χ0n) is 18.0. The molecule has 0 spiro atoms. The number of aryl methyl sites for hydroxylation is 1. The summed E-state index contributed by atoms with van der Waals surface area (Å²) in [4.78, 5) is 25.8. The second kappa shape index (κ2) is 8.50. The van der Waals surface area contributed by atoms with Crippen molar-refractivity contribution in [1.82, 2.24) is 5.32 Å². The smallest absolute Gasteiger partial charge is 0.343 e. The van der Waals surface area contributed by atoms with Crippen LogP contribution in [0.1, 0.15) is 58.6 Å². The fourth-order valence-corrected chi connectivity index (χ4v) is 4.53. The quantitative estimate of drug-likeness (QED) is 0.312. The number of hydrogen-bond acceptors (Lipinski definition) is 4. The Balaban J connectivity index is 1.40. The summed E-state index contributed by atoms with van der Waals surface area (Å²) in [6, 6.07) is 18.7. The number of ether oxygens (including phenoxy) is 1. The van der Waals surface area contributed by atoms with Gasteiger partial charge in [-0.1, -0.05) is 49.6 Å². The van der Waals surface area contributed by atoms with E-state index < -0.39 is 5.97 Å². The number of benzene rings is 3. The molecule has 1 saturated carbocycles. The Morgan fingerprint density at radius 3 is 2.53 bits per heavy atom. The first kappa shape index (κ1) is 20.3. The second-order valence-corrected chi connectivity index (χ2v) is 8.45. The van der Waals surface area contributed by atoms with Gasteiger partial charge in [-0.05, 0) is 60.9 Å². The molecule has 5 nitrogen and oxygen atoms in total. The Hall–Kier alpha value is -3.60. The summed E-state index contributed by atoms with van der Waals surface area (Å²) in [6.45, 7) is 1.79. The Morgan fingerprint density at radius 1 is 0.938 bits per heavy atom. The highest BCUT2D eigenvalue weighted by Gasteiger charge is 2.23. The van der Waals surface area contributed by atoms with Crippen molar-refractivity contribution < 1.29 is 18.7 Å². The molecule has 4 aromatic rings. The van der Waals surface area contributed by atoms with Gasteiger partial charge in [0, 0.05) is 11.4 Å². The van der Waals surface area contributed by atoms with E-state index in [4.69, 9.17) is 9.15 Å². The van der Waals surface area contributed by atoms with E-state index in [9.17, 15) is 9.59 Å². The lowest BCUT2D eigenvalue weighted by atomic mass is 9.95. The summed E-state index contributed by atoms with van der Waals surface area (Å²) in [5, 5.41) is 5.84. The highest BCUT2D eigenvalue weighted by atomic mass is 16.5. The number of hydrogen-bond donors (Lipinski definition) is 1. The number of esters is 1. The van der Waals surface area contributed by atoms with Crippen LogP contribution in [0, 0.1) is 6.92 Å². The standard InChI is InChI=1S/C27H25NO4/c1-17-25(26(29)28-21-9-3-2-4-10-21)23-16-22(13-14-24(23)31-17)32-27(30)20-12-11-18-7-5-6-8-19(18)15-20/h5-8,11-16,21H,2-4,9-10H2,1H3,(H,28,29). The Bertz CT molecular complexity index is 1310. The van der Waals surface area contributed by atoms with Crippen molar-refractivity contribution in [2.45, 2.75) is 45.1 Å².